The van der Waals surface area contributed by atoms with E-state index in [4.69, 9.17) is 9.47 Å². The zero-order valence-electron chi connectivity index (χ0n) is 20.7. The fourth-order valence-corrected chi connectivity index (χ4v) is 4.73. The Kier molecular flexibility index (Phi) is 5.80. The predicted molar refractivity (Wildman–Crippen MR) is 127 cm³/mol. The van der Waals surface area contributed by atoms with Gasteiger partial charge in [0, 0.05) is 36.2 Å². The number of nitrogens with one attached hydrogen (secondary N) is 1. The van der Waals surface area contributed by atoms with Crippen molar-refractivity contribution in [2.45, 2.75) is 51.1 Å². The second-order valence-electron chi connectivity index (χ2n) is 10.2. The van der Waals surface area contributed by atoms with Crippen molar-refractivity contribution >= 4 is 28.6 Å². The number of likely N-dealkylation sites (tertiary alicyclic amines) is 1. The molecule has 0 spiro atoms. The monoisotopic (exact) mass is 517 g/mol. The van der Waals surface area contributed by atoms with Crippen molar-refractivity contribution in [1.29, 1.82) is 0 Å². The van der Waals surface area contributed by atoms with Gasteiger partial charge < -0.3 is 19.7 Å². The number of anilines is 1. The highest BCUT2D eigenvalue weighted by Gasteiger charge is 2.56. The van der Waals surface area contributed by atoms with Crippen LogP contribution >= 0.6 is 0 Å². The average molecular weight is 518 g/mol. The molecule has 3 atom stereocenters. The first-order chi connectivity index (χ1) is 17.3. The lowest BCUT2D eigenvalue weighted by molar-refractivity contribution is -0.141. The zero-order valence-corrected chi connectivity index (χ0v) is 20.7. The van der Waals surface area contributed by atoms with E-state index >= 15 is 0 Å². The van der Waals surface area contributed by atoms with Crippen molar-refractivity contribution in [3.63, 3.8) is 0 Å². The Labute approximate surface area is 210 Å². The third kappa shape index (κ3) is 4.67. The summed E-state index contributed by atoms with van der Waals surface area (Å²) in [5.41, 5.74) is -1.14. The van der Waals surface area contributed by atoms with Gasteiger partial charge in [0.25, 0.3) is 5.91 Å². The summed E-state index contributed by atoms with van der Waals surface area (Å²) in [7, 11) is 1.42. The Morgan fingerprint density at radius 1 is 1.14 bits per heavy atom. The van der Waals surface area contributed by atoms with Crippen LogP contribution in [-0.4, -0.2) is 57.0 Å². The van der Waals surface area contributed by atoms with Crippen molar-refractivity contribution in [2.24, 2.45) is 5.92 Å². The van der Waals surface area contributed by atoms with E-state index in [1.54, 1.807) is 17.0 Å². The van der Waals surface area contributed by atoms with Gasteiger partial charge in [0.15, 0.2) is 0 Å². The summed E-state index contributed by atoms with van der Waals surface area (Å²) < 4.78 is 51.7. The molecule has 1 aromatic carbocycles. The van der Waals surface area contributed by atoms with Crippen LogP contribution in [0.15, 0.2) is 36.5 Å². The highest BCUT2D eigenvalue weighted by Crippen LogP contribution is 2.50. The third-order valence-corrected chi connectivity index (χ3v) is 6.61. The number of rotatable bonds is 4. The molecule has 37 heavy (non-hydrogen) atoms. The average Bonchev–Trinajstić information content (AvgIpc) is 3.20. The Bertz CT molecular complexity index is 1380. The van der Waals surface area contributed by atoms with E-state index in [2.05, 4.69) is 15.4 Å². The standard InChI is InChI=1S/C25H26F3N5O4/c1-24(2,3)37-23(35)32-12-14-18(32)10-19(14)33-11-13-8-17(20(36-4)9-16(13)31-33)30-22(34)15-6-5-7-21(29-15)25(26,27)28/h5-9,11,14,18-19H,10,12H2,1-4H3,(H,30,34)/t14?,18-,19+/m1/s1. The molecule has 1 saturated carbocycles. The Hall–Kier alpha value is -3.83. The van der Waals surface area contributed by atoms with Gasteiger partial charge in [-0.15, -0.1) is 0 Å². The topological polar surface area (TPSA) is 98.6 Å². The van der Waals surface area contributed by atoms with Gasteiger partial charge in [-0.2, -0.15) is 18.3 Å². The molecule has 0 radical (unpaired) electrons. The van der Waals surface area contributed by atoms with E-state index < -0.39 is 23.4 Å². The summed E-state index contributed by atoms with van der Waals surface area (Å²) in [5, 5.41) is 7.97. The van der Waals surface area contributed by atoms with Crippen LogP contribution < -0.4 is 10.1 Å². The molecular formula is C25H26F3N5O4. The number of ether oxygens (including phenoxy) is 2. The van der Waals surface area contributed by atoms with Crippen LogP contribution in [0.5, 0.6) is 5.75 Å². The number of carbonyl (C=O) groups is 2. The molecule has 2 aliphatic rings. The van der Waals surface area contributed by atoms with Crippen molar-refractivity contribution < 1.29 is 32.2 Å². The van der Waals surface area contributed by atoms with Gasteiger partial charge >= 0.3 is 12.3 Å². The molecule has 1 aliphatic heterocycles. The Balaban J connectivity index is 1.31. The third-order valence-electron chi connectivity index (χ3n) is 6.61. The van der Waals surface area contributed by atoms with Crippen LogP contribution in [0.3, 0.4) is 0 Å². The van der Waals surface area contributed by atoms with Gasteiger partial charge in [-0.05, 0) is 45.4 Å². The van der Waals surface area contributed by atoms with Gasteiger partial charge in [0.05, 0.1) is 24.4 Å². The molecule has 2 fully saturated rings. The van der Waals surface area contributed by atoms with Crippen LogP contribution in [0, 0.1) is 5.92 Å². The fraction of sp³-hybridized carbons (Fsp3) is 0.440. The minimum absolute atomic E-state index is 0.120. The number of fused-ring (bicyclic) bond motifs is 2. The number of halogens is 3. The first-order valence-corrected chi connectivity index (χ1v) is 11.8. The molecule has 0 bridgehead atoms. The second kappa shape index (κ2) is 8.63. The van der Waals surface area contributed by atoms with Crippen LogP contribution in [-0.2, 0) is 10.9 Å². The van der Waals surface area contributed by atoms with Crippen molar-refractivity contribution in [3.05, 3.63) is 47.9 Å². The van der Waals surface area contributed by atoms with Crippen LogP contribution in [0.1, 0.15) is 49.4 Å². The highest BCUT2D eigenvalue weighted by atomic mass is 19.4. The summed E-state index contributed by atoms with van der Waals surface area (Å²) in [5.74, 6) is -0.214. The number of piperidine rings is 1. The number of hydrogen-bond acceptors (Lipinski definition) is 6. The number of pyridine rings is 1. The molecule has 5 rings (SSSR count). The summed E-state index contributed by atoms with van der Waals surface area (Å²) in [6.07, 6.45) is -2.37. The normalized spacial score (nSPS) is 21.1. The van der Waals surface area contributed by atoms with Gasteiger partial charge in [-0.25, -0.2) is 9.78 Å². The van der Waals surface area contributed by atoms with Gasteiger partial charge in [-0.1, -0.05) is 6.07 Å². The number of hydrogen-bond donors (Lipinski definition) is 1. The molecule has 2 amide bonds. The van der Waals surface area contributed by atoms with Crippen LogP contribution in [0.4, 0.5) is 23.7 Å². The molecule has 9 nitrogen and oxygen atoms in total. The molecular weight excluding hydrogens is 491 g/mol. The smallest absolute Gasteiger partial charge is 0.433 e. The summed E-state index contributed by atoms with van der Waals surface area (Å²) >= 11 is 0. The molecule has 3 aromatic rings. The minimum atomic E-state index is -4.66. The Morgan fingerprint density at radius 3 is 2.51 bits per heavy atom. The van der Waals surface area contributed by atoms with E-state index in [-0.39, 0.29) is 35.5 Å². The van der Waals surface area contributed by atoms with Crippen molar-refractivity contribution in [2.75, 3.05) is 19.0 Å². The number of carbonyl (C=O) groups excluding carboxylic acids is 2. The van der Waals surface area contributed by atoms with Crippen LogP contribution in [0.2, 0.25) is 0 Å². The van der Waals surface area contributed by atoms with E-state index in [9.17, 15) is 22.8 Å². The number of aromatic nitrogens is 3. The van der Waals surface area contributed by atoms with Crippen molar-refractivity contribution in [1.82, 2.24) is 19.7 Å². The SMILES string of the molecule is COc1cc2nn([C@H]3C[C@@H]4C3CN4C(=O)OC(C)(C)C)cc2cc1NC(=O)c1cccc(C(F)(F)F)n1. The lowest BCUT2D eigenvalue weighted by Gasteiger charge is -2.59. The number of alkyl halides is 3. The van der Waals surface area contributed by atoms with Gasteiger partial charge in [-0.3, -0.25) is 9.48 Å². The largest absolute Gasteiger partial charge is 0.494 e. The van der Waals surface area contributed by atoms with Crippen LogP contribution in [0.25, 0.3) is 10.9 Å². The van der Waals surface area contributed by atoms with Gasteiger partial charge in [0.2, 0.25) is 0 Å². The van der Waals surface area contributed by atoms with Gasteiger partial charge in [0.1, 0.15) is 22.7 Å². The maximum atomic E-state index is 13.0. The fourth-order valence-electron chi connectivity index (χ4n) is 4.73. The molecule has 1 aliphatic carbocycles. The molecule has 1 unspecified atom stereocenters. The first kappa shape index (κ1) is 24.8. The van der Waals surface area contributed by atoms with Crippen molar-refractivity contribution in [3.8, 4) is 5.75 Å². The number of nitrogens with zero attached hydrogens (tertiary/aromatic N) is 4. The lowest BCUT2D eigenvalue weighted by atomic mass is 9.67. The summed E-state index contributed by atoms with van der Waals surface area (Å²) in [4.78, 5) is 30.2. The second-order valence-corrected chi connectivity index (χ2v) is 10.2. The summed E-state index contributed by atoms with van der Waals surface area (Å²) in [6, 6.07) is 6.70. The Morgan fingerprint density at radius 2 is 1.89 bits per heavy atom. The van der Waals surface area contributed by atoms with E-state index in [0.29, 0.717) is 17.8 Å². The minimum Gasteiger partial charge on any atom is -0.494 e. The molecule has 12 heteroatoms. The predicted octanol–water partition coefficient (Wildman–Crippen LogP) is 4.89. The molecule has 3 heterocycles. The van der Waals surface area contributed by atoms with E-state index in [1.807, 2.05) is 31.6 Å². The maximum absolute atomic E-state index is 13.0. The molecule has 2 aromatic heterocycles. The number of amides is 2. The first-order valence-electron chi connectivity index (χ1n) is 11.8. The summed E-state index contributed by atoms with van der Waals surface area (Å²) in [6.45, 7) is 6.10. The molecule has 1 saturated heterocycles. The van der Waals surface area contributed by atoms with E-state index in [0.717, 1.165) is 23.9 Å². The number of benzene rings is 1. The lowest BCUT2D eigenvalue weighted by Crippen LogP contribution is -2.68. The number of methoxy groups -OCH3 is 1. The quantitative estimate of drug-likeness (QED) is 0.529. The zero-order chi connectivity index (χ0) is 26.7. The van der Waals surface area contributed by atoms with E-state index in [1.165, 1.54) is 13.2 Å². The molecule has 1 N–H and O–H groups in total. The maximum Gasteiger partial charge on any atom is 0.433 e. The molecule has 196 valence electrons. The highest BCUT2D eigenvalue weighted by molar-refractivity contribution is 6.05.